The number of carbonyl (C=O) groups is 2. The number of carbonyl (C=O) groups excluding carboxylic acids is 2. The molecule has 0 fully saturated rings. The predicted molar refractivity (Wildman–Crippen MR) is 292 cm³/mol. The number of ether oxygens (including phenoxy) is 1. The summed E-state index contributed by atoms with van der Waals surface area (Å²) in [5, 5.41) is 6.70. The van der Waals surface area contributed by atoms with Gasteiger partial charge in [0.2, 0.25) is 0 Å². The van der Waals surface area contributed by atoms with E-state index in [1.165, 1.54) is 130 Å². The third-order valence-corrected chi connectivity index (χ3v) is 14.4. The highest BCUT2D eigenvalue weighted by Gasteiger charge is 2.34. The quantitative estimate of drug-likeness (QED) is 0.0435. The van der Waals surface area contributed by atoms with Gasteiger partial charge in [-0.05, 0) is 119 Å². The smallest absolute Gasteiger partial charge is 0.265 e. The second-order valence-electron chi connectivity index (χ2n) is 18.9. The highest BCUT2D eigenvalue weighted by Crippen LogP contribution is 2.37. The van der Waals surface area contributed by atoms with Crippen molar-refractivity contribution in [1.29, 1.82) is 0 Å². The summed E-state index contributed by atoms with van der Waals surface area (Å²) in [6.07, 6.45) is 24.1. The fraction of sp³-hybridized carbons (Fsp3) is 0.270. The van der Waals surface area contributed by atoms with Crippen molar-refractivity contribution in [3.63, 3.8) is 0 Å². The Morgan fingerprint density at radius 3 is 1.48 bits per heavy atom. The molecule has 1 aliphatic rings. The van der Waals surface area contributed by atoms with Crippen LogP contribution >= 0.6 is 0 Å². The topological polar surface area (TPSA) is 56.5 Å². The van der Waals surface area contributed by atoms with Crippen molar-refractivity contribution in [2.45, 2.75) is 104 Å². The molecule has 9 aromatic rings. The largest absolute Gasteiger partial charge is 0.497 e. The molecule has 2 aromatic heterocycles. The fourth-order valence-electron chi connectivity index (χ4n) is 10.7. The highest BCUT2D eigenvalue weighted by molar-refractivity contribution is 6.36. The van der Waals surface area contributed by atoms with Crippen LogP contribution in [0.5, 0.6) is 5.75 Å². The van der Waals surface area contributed by atoms with Gasteiger partial charge in [-0.3, -0.25) is 9.59 Å². The first-order valence-corrected chi connectivity index (χ1v) is 25.5. The molecule has 0 saturated carbocycles. The van der Waals surface area contributed by atoms with Crippen LogP contribution in [0.15, 0.2) is 133 Å². The van der Waals surface area contributed by atoms with E-state index in [1.807, 2.05) is 30.3 Å². The Bertz CT molecular complexity index is 3380. The van der Waals surface area contributed by atoms with E-state index in [-0.39, 0.29) is 11.8 Å². The maximum atomic E-state index is 14.0. The summed E-state index contributed by atoms with van der Waals surface area (Å²) in [4.78, 5) is 29.2. The zero-order valence-corrected chi connectivity index (χ0v) is 40.5. The maximum Gasteiger partial charge on any atom is 0.265 e. The Labute approximate surface area is 406 Å². The van der Waals surface area contributed by atoms with E-state index in [9.17, 15) is 9.59 Å². The van der Waals surface area contributed by atoms with E-state index in [0.717, 1.165) is 36.0 Å². The summed E-state index contributed by atoms with van der Waals surface area (Å²) >= 11 is 0. The summed E-state index contributed by atoms with van der Waals surface area (Å²) in [5.41, 5.74) is 11.1. The minimum atomic E-state index is -0.329. The van der Waals surface area contributed by atoms with Crippen molar-refractivity contribution >= 4 is 96.2 Å². The van der Waals surface area contributed by atoms with Gasteiger partial charge in [-0.1, -0.05) is 157 Å². The van der Waals surface area contributed by atoms with Crippen LogP contribution in [-0.2, 0) is 13.1 Å². The number of para-hydroxylation sites is 1. The second-order valence-corrected chi connectivity index (χ2v) is 18.9. The van der Waals surface area contributed by atoms with Crippen molar-refractivity contribution in [1.82, 2.24) is 9.13 Å². The van der Waals surface area contributed by atoms with Crippen LogP contribution in [0.2, 0.25) is 0 Å². The molecule has 0 atom stereocenters. The van der Waals surface area contributed by atoms with E-state index in [2.05, 4.69) is 126 Å². The molecule has 0 spiro atoms. The SMILES string of the molecule is CCCCCCCCn1c2ccccc2c2cc(/C=C/c3ccc4c(c3)c3cc(/C=C/c5ccc6c7c(cccc57)C(=O)N(c5ccc(OC)cc5)C6=O)ccc3n4CCCCCCCC)ccc21. The molecule has 0 saturated heterocycles. The van der Waals surface area contributed by atoms with Crippen molar-refractivity contribution in [3.8, 4) is 5.75 Å². The molecule has 10 rings (SSSR count). The molecule has 1 aliphatic heterocycles. The second kappa shape index (κ2) is 20.6. The van der Waals surface area contributed by atoms with Gasteiger partial charge in [0.25, 0.3) is 11.8 Å². The molecule has 0 bridgehead atoms. The number of hydrogen-bond donors (Lipinski definition) is 0. The molecule has 2 amide bonds. The van der Waals surface area contributed by atoms with Crippen LogP contribution in [0.1, 0.15) is 134 Å². The first-order chi connectivity index (χ1) is 33.9. The number of aryl methyl sites for hydroxylation is 2. The third kappa shape index (κ3) is 9.13. The monoisotopic (exact) mass is 909 g/mol. The van der Waals surface area contributed by atoms with Crippen molar-refractivity contribution in [2.24, 2.45) is 0 Å². The Hall–Kier alpha value is -7.18. The van der Waals surface area contributed by atoms with Gasteiger partial charge in [0, 0.05) is 73.2 Å². The number of rotatable bonds is 20. The van der Waals surface area contributed by atoms with Gasteiger partial charge < -0.3 is 13.9 Å². The molecule has 3 heterocycles. The number of amides is 2. The molecular formula is C63H63N3O3. The van der Waals surface area contributed by atoms with Crippen LogP contribution in [0.25, 0.3) is 78.7 Å². The van der Waals surface area contributed by atoms with E-state index in [1.54, 1.807) is 31.4 Å². The molecule has 0 N–H and O–H groups in total. The van der Waals surface area contributed by atoms with Gasteiger partial charge in [0.1, 0.15) is 5.75 Å². The lowest BCUT2D eigenvalue weighted by Crippen LogP contribution is -2.40. The van der Waals surface area contributed by atoms with Crippen molar-refractivity contribution in [3.05, 3.63) is 167 Å². The number of benzene rings is 7. The molecule has 0 aliphatic carbocycles. The lowest BCUT2D eigenvalue weighted by molar-refractivity contribution is 0.0893. The summed E-state index contributed by atoms with van der Waals surface area (Å²) in [5.74, 6) is 0.00274. The molecule has 6 heteroatoms. The molecule has 0 radical (unpaired) electrons. The number of unbranched alkanes of at least 4 members (excludes halogenated alkanes) is 10. The molecule has 0 unspecified atom stereocenters. The predicted octanol–water partition coefficient (Wildman–Crippen LogP) is 16.9. The summed E-state index contributed by atoms with van der Waals surface area (Å²) in [7, 11) is 1.59. The normalized spacial score (nSPS) is 13.0. The summed E-state index contributed by atoms with van der Waals surface area (Å²) in [6, 6.07) is 46.2. The first kappa shape index (κ1) is 45.6. The lowest BCUT2D eigenvalue weighted by Gasteiger charge is -2.27. The average molecular weight is 910 g/mol. The van der Waals surface area contributed by atoms with Gasteiger partial charge in [-0.15, -0.1) is 0 Å². The van der Waals surface area contributed by atoms with Gasteiger partial charge >= 0.3 is 0 Å². The third-order valence-electron chi connectivity index (χ3n) is 14.4. The minimum Gasteiger partial charge on any atom is -0.497 e. The molecule has 348 valence electrons. The van der Waals surface area contributed by atoms with Gasteiger partial charge in [-0.2, -0.15) is 0 Å². The molecule has 69 heavy (non-hydrogen) atoms. The van der Waals surface area contributed by atoms with Gasteiger partial charge in [-0.25, -0.2) is 4.90 Å². The van der Waals surface area contributed by atoms with E-state index in [0.29, 0.717) is 28.0 Å². The molecule has 7 aromatic carbocycles. The van der Waals surface area contributed by atoms with Crippen LogP contribution < -0.4 is 9.64 Å². The molecular weight excluding hydrogens is 847 g/mol. The number of methoxy groups -OCH3 is 1. The number of nitrogens with zero attached hydrogens (tertiary/aromatic N) is 3. The zero-order chi connectivity index (χ0) is 47.3. The highest BCUT2D eigenvalue weighted by atomic mass is 16.5. The Balaban J connectivity index is 0.954. The number of aromatic nitrogens is 2. The Morgan fingerprint density at radius 1 is 0.435 bits per heavy atom. The van der Waals surface area contributed by atoms with Crippen LogP contribution in [0.3, 0.4) is 0 Å². The van der Waals surface area contributed by atoms with Crippen molar-refractivity contribution < 1.29 is 14.3 Å². The summed E-state index contributed by atoms with van der Waals surface area (Å²) < 4.78 is 10.4. The number of imide groups is 1. The summed E-state index contributed by atoms with van der Waals surface area (Å²) in [6.45, 7) is 6.59. The van der Waals surface area contributed by atoms with E-state index >= 15 is 0 Å². The average Bonchev–Trinajstić information content (AvgIpc) is 3.87. The van der Waals surface area contributed by atoms with E-state index < -0.39 is 0 Å². The van der Waals surface area contributed by atoms with Gasteiger partial charge in [0.15, 0.2) is 0 Å². The maximum absolute atomic E-state index is 14.0. The number of hydrogen-bond acceptors (Lipinski definition) is 3. The van der Waals surface area contributed by atoms with Crippen LogP contribution in [-0.4, -0.2) is 28.1 Å². The fourth-order valence-corrected chi connectivity index (χ4v) is 10.7. The minimum absolute atomic E-state index is 0.329. The zero-order valence-electron chi connectivity index (χ0n) is 40.5. The molecule has 6 nitrogen and oxygen atoms in total. The van der Waals surface area contributed by atoms with Crippen molar-refractivity contribution in [2.75, 3.05) is 12.0 Å². The first-order valence-electron chi connectivity index (χ1n) is 25.5. The Kier molecular flexibility index (Phi) is 13.6. The van der Waals surface area contributed by atoms with Gasteiger partial charge in [0.05, 0.1) is 12.8 Å². The number of fused-ring (bicyclic) bond motifs is 6. The van der Waals surface area contributed by atoms with Crippen LogP contribution in [0, 0.1) is 0 Å². The number of anilines is 1. The Morgan fingerprint density at radius 2 is 0.913 bits per heavy atom. The standard InChI is InChI=1S/C63H63N3O3/c1-4-6-8-10-12-16-39-64-57-22-15-14-19-51(57)54-41-44(26-36-58(54)64)23-24-45-27-37-59-55(42-45)56-43-46(28-38-60(56)65(59)40-17-13-11-9-7-5-2)25-29-47-30-35-53-61-50(47)20-18-21-52(61)62(67)66(63(53)68)48-31-33-49(69-3)34-32-48/h14-15,18-38,41-43H,4-13,16-17,39-40H2,1-3H3/b24-23+,29-25+. The van der Waals surface area contributed by atoms with E-state index in [4.69, 9.17) is 4.74 Å². The van der Waals surface area contributed by atoms with Crippen LogP contribution in [0.4, 0.5) is 5.69 Å². The lowest BCUT2D eigenvalue weighted by atomic mass is 9.90.